The van der Waals surface area contributed by atoms with Crippen molar-refractivity contribution in [2.75, 3.05) is 11.9 Å². The van der Waals surface area contributed by atoms with Crippen LogP contribution >= 0.6 is 24.2 Å². The van der Waals surface area contributed by atoms with Gasteiger partial charge in [-0.2, -0.15) is 0 Å². The third kappa shape index (κ3) is 5.33. The zero-order valence-corrected chi connectivity index (χ0v) is 13.6. The lowest BCUT2D eigenvalue weighted by Crippen LogP contribution is -2.29. The SMILES string of the molecule is Cl.O=C(CNC1CC1)Nc1ccc(Sc2ccncc2)cc1. The van der Waals surface area contributed by atoms with Crippen LogP contribution in [0.1, 0.15) is 12.8 Å². The van der Waals surface area contributed by atoms with Gasteiger partial charge in [0, 0.05) is 33.9 Å². The van der Waals surface area contributed by atoms with Crippen LogP contribution in [0.2, 0.25) is 0 Å². The van der Waals surface area contributed by atoms with E-state index >= 15 is 0 Å². The van der Waals surface area contributed by atoms with Crippen LogP contribution in [0.25, 0.3) is 0 Å². The van der Waals surface area contributed by atoms with Gasteiger partial charge in [-0.1, -0.05) is 11.8 Å². The molecule has 116 valence electrons. The second kappa shape index (κ2) is 8.17. The summed E-state index contributed by atoms with van der Waals surface area (Å²) < 4.78 is 0. The number of pyridine rings is 1. The maximum Gasteiger partial charge on any atom is 0.238 e. The van der Waals surface area contributed by atoms with Gasteiger partial charge in [-0.15, -0.1) is 12.4 Å². The maximum atomic E-state index is 11.7. The summed E-state index contributed by atoms with van der Waals surface area (Å²) in [4.78, 5) is 18.0. The number of rotatable bonds is 6. The van der Waals surface area contributed by atoms with Gasteiger partial charge in [0.25, 0.3) is 0 Å². The van der Waals surface area contributed by atoms with Crippen molar-refractivity contribution < 1.29 is 4.79 Å². The number of hydrogen-bond acceptors (Lipinski definition) is 4. The molecule has 1 aromatic heterocycles. The molecular formula is C16H18ClN3OS. The van der Waals surface area contributed by atoms with E-state index in [4.69, 9.17) is 0 Å². The summed E-state index contributed by atoms with van der Waals surface area (Å²) in [7, 11) is 0. The molecule has 22 heavy (non-hydrogen) atoms. The molecule has 0 atom stereocenters. The van der Waals surface area contributed by atoms with Gasteiger partial charge in [0.2, 0.25) is 5.91 Å². The van der Waals surface area contributed by atoms with Crippen molar-refractivity contribution >= 4 is 35.8 Å². The van der Waals surface area contributed by atoms with Crippen LogP contribution < -0.4 is 10.6 Å². The molecule has 0 radical (unpaired) electrons. The molecule has 3 rings (SSSR count). The molecule has 1 amide bonds. The highest BCUT2D eigenvalue weighted by Gasteiger charge is 2.21. The Kier molecular flexibility index (Phi) is 6.24. The predicted molar refractivity (Wildman–Crippen MR) is 91.7 cm³/mol. The lowest BCUT2D eigenvalue weighted by Gasteiger charge is -2.07. The van der Waals surface area contributed by atoms with E-state index in [-0.39, 0.29) is 18.3 Å². The van der Waals surface area contributed by atoms with Crippen LogP contribution in [-0.4, -0.2) is 23.5 Å². The Hall–Kier alpha value is -1.56. The van der Waals surface area contributed by atoms with Gasteiger partial charge >= 0.3 is 0 Å². The molecule has 0 saturated heterocycles. The largest absolute Gasteiger partial charge is 0.325 e. The zero-order valence-electron chi connectivity index (χ0n) is 12.0. The first-order valence-corrected chi connectivity index (χ1v) is 7.82. The molecule has 1 saturated carbocycles. The van der Waals surface area contributed by atoms with Crippen molar-refractivity contribution in [3.63, 3.8) is 0 Å². The molecule has 6 heteroatoms. The lowest BCUT2D eigenvalue weighted by molar-refractivity contribution is -0.115. The van der Waals surface area contributed by atoms with Crippen molar-refractivity contribution in [1.29, 1.82) is 0 Å². The van der Waals surface area contributed by atoms with Gasteiger partial charge in [0.1, 0.15) is 0 Å². The Labute approximate surface area is 140 Å². The second-order valence-electron chi connectivity index (χ2n) is 5.01. The number of nitrogens with zero attached hydrogens (tertiary/aromatic N) is 1. The summed E-state index contributed by atoms with van der Waals surface area (Å²) in [5.74, 6) is 0.0106. The fourth-order valence-electron chi connectivity index (χ4n) is 1.88. The average Bonchev–Trinajstić information content (AvgIpc) is 3.33. The highest BCUT2D eigenvalue weighted by Crippen LogP contribution is 2.27. The quantitative estimate of drug-likeness (QED) is 0.850. The lowest BCUT2D eigenvalue weighted by atomic mass is 10.3. The van der Waals surface area contributed by atoms with Gasteiger partial charge < -0.3 is 10.6 Å². The molecule has 1 aliphatic rings. The first-order valence-electron chi connectivity index (χ1n) is 7.01. The van der Waals surface area contributed by atoms with Crippen molar-refractivity contribution in [2.24, 2.45) is 0 Å². The van der Waals surface area contributed by atoms with Crippen molar-refractivity contribution in [3.8, 4) is 0 Å². The van der Waals surface area contributed by atoms with E-state index in [2.05, 4.69) is 15.6 Å². The Bertz CT molecular complexity index is 603. The summed E-state index contributed by atoms with van der Waals surface area (Å²) in [5.41, 5.74) is 0.830. The summed E-state index contributed by atoms with van der Waals surface area (Å²) in [6.07, 6.45) is 5.94. The second-order valence-corrected chi connectivity index (χ2v) is 6.16. The number of hydrogen-bond donors (Lipinski definition) is 2. The molecule has 2 aromatic rings. The predicted octanol–water partition coefficient (Wildman–Crippen LogP) is 3.35. The molecule has 1 heterocycles. The highest BCUT2D eigenvalue weighted by molar-refractivity contribution is 7.99. The van der Waals surface area contributed by atoms with Crippen LogP contribution in [0.5, 0.6) is 0 Å². The monoisotopic (exact) mass is 335 g/mol. The number of carbonyl (C=O) groups excluding carboxylic acids is 1. The number of anilines is 1. The van der Waals surface area contributed by atoms with E-state index in [0.717, 1.165) is 15.5 Å². The molecular weight excluding hydrogens is 318 g/mol. The van der Waals surface area contributed by atoms with Crippen molar-refractivity contribution in [2.45, 2.75) is 28.7 Å². The minimum atomic E-state index is 0. The van der Waals surface area contributed by atoms with Gasteiger partial charge in [-0.3, -0.25) is 9.78 Å². The standard InChI is InChI=1S/C16H17N3OS.ClH/c20-16(11-18-12-1-2-12)19-13-3-5-14(6-4-13)21-15-7-9-17-10-8-15;/h3-10,12,18H,1-2,11H2,(H,19,20);1H. The van der Waals surface area contributed by atoms with Crippen LogP contribution in [0.3, 0.4) is 0 Å². The van der Waals surface area contributed by atoms with Crippen LogP contribution in [0, 0.1) is 0 Å². The summed E-state index contributed by atoms with van der Waals surface area (Å²) in [6, 6.07) is 12.4. The third-order valence-corrected chi connectivity index (χ3v) is 4.17. The number of nitrogens with one attached hydrogen (secondary N) is 2. The van der Waals surface area contributed by atoms with Gasteiger partial charge in [-0.25, -0.2) is 0 Å². The Morgan fingerprint density at radius 1 is 1.09 bits per heavy atom. The number of aromatic nitrogens is 1. The Morgan fingerprint density at radius 3 is 2.36 bits per heavy atom. The number of carbonyl (C=O) groups is 1. The summed E-state index contributed by atoms with van der Waals surface area (Å²) >= 11 is 1.67. The number of amides is 1. The molecule has 1 fully saturated rings. The maximum absolute atomic E-state index is 11.7. The Balaban J connectivity index is 0.00000176. The van der Waals surface area contributed by atoms with E-state index in [0.29, 0.717) is 12.6 Å². The molecule has 0 bridgehead atoms. The zero-order chi connectivity index (χ0) is 14.5. The van der Waals surface area contributed by atoms with Crippen molar-refractivity contribution in [3.05, 3.63) is 48.8 Å². The molecule has 4 nitrogen and oxygen atoms in total. The molecule has 1 aromatic carbocycles. The van der Waals surface area contributed by atoms with Gasteiger partial charge in [0.05, 0.1) is 6.54 Å². The van der Waals surface area contributed by atoms with E-state index in [9.17, 15) is 4.79 Å². The summed E-state index contributed by atoms with van der Waals surface area (Å²) in [6.45, 7) is 0.387. The normalized spacial score (nSPS) is 13.3. The molecule has 1 aliphatic carbocycles. The molecule has 0 aliphatic heterocycles. The smallest absolute Gasteiger partial charge is 0.238 e. The third-order valence-electron chi connectivity index (χ3n) is 3.15. The van der Waals surface area contributed by atoms with E-state index < -0.39 is 0 Å². The van der Waals surface area contributed by atoms with Crippen LogP contribution in [0.15, 0.2) is 58.6 Å². The topological polar surface area (TPSA) is 54.0 Å². The first-order chi connectivity index (χ1) is 10.3. The molecule has 0 spiro atoms. The Morgan fingerprint density at radius 2 is 1.73 bits per heavy atom. The van der Waals surface area contributed by atoms with Crippen molar-refractivity contribution in [1.82, 2.24) is 10.3 Å². The number of halogens is 1. The summed E-state index contributed by atoms with van der Waals surface area (Å²) in [5, 5.41) is 6.09. The fourth-order valence-corrected chi connectivity index (χ4v) is 2.68. The number of benzene rings is 1. The van der Waals surface area contributed by atoms with Gasteiger partial charge in [-0.05, 0) is 49.2 Å². The van der Waals surface area contributed by atoms with E-state index in [1.165, 1.54) is 12.8 Å². The van der Waals surface area contributed by atoms with Crippen LogP contribution in [-0.2, 0) is 4.79 Å². The minimum Gasteiger partial charge on any atom is -0.325 e. The molecule has 2 N–H and O–H groups in total. The van der Waals surface area contributed by atoms with E-state index in [1.807, 2.05) is 36.4 Å². The van der Waals surface area contributed by atoms with Gasteiger partial charge in [0.15, 0.2) is 0 Å². The fraction of sp³-hybridized carbons (Fsp3) is 0.250. The van der Waals surface area contributed by atoms with E-state index in [1.54, 1.807) is 24.2 Å². The first kappa shape index (κ1) is 16.8. The molecule has 0 unspecified atom stereocenters. The average molecular weight is 336 g/mol. The van der Waals surface area contributed by atoms with Crippen LogP contribution in [0.4, 0.5) is 5.69 Å². The highest BCUT2D eigenvalue weighted by atomic mass is 35.5. The minimum absolute atomic E-state index is 0.